The Kier molecular flexibility index (Phi) is 3.97. The molecule has 2 N–H and O–H groups in total. The molecular weight excluding hydrogens is 257 g/mol. The number of amides is 1. The molecule has 0 saturated carbocycles. The molecule has 0 fully saturated rings. The van der Waals surface area contributed by atoms with Gasteiger partial charge in [0.1, 0.15) is 10.8 Å². The Labute approximate surface area is 99.8 Å². The molecule has 3 nitrogen and oxygen atoms in total. The SMILES string of the molecule is NC(=O)CC#Cc1cc(Cl)nc(C(F)(F)F)c1. The van der Waals surface area contributed by atoms with Crippen molar-refractivity contribution in [3.05, 3.63) is 28.5 Å². The Morgan fingerprint density at radius 1 is 1.47 bits per heavy atom. The van der Waals surface area contributed by atoms with Gasteiger partial charge in [-0.1, -0.05) is 23.4 Å². The zero-order valence-corrected chi connectivity index (χ0v) is 9.06. The number of primary amides is 1. The van der Waals surface area contributed by atoms with Gasteiger partial charge in [-0.2, -0.15) is 13.2 Å². The molecule has 1 rings (SSSR count). The Hall–Kier alpha value is -1.74. The van der Waals surface area contributed by atoms with Crippen LogP contribution in [0.25, 0.3) is 0 Å². The first-order valence-corrected chi connectivity index (χ1v) is 4.69. The molecule has 90 valence electrons. The quantitative estimate of drug-likeness (QED) is 0.621. The zero-order valence-electron chi connectivity index (χ0n) is 8.31. The minimum atomic E-state index is -4.59. The third-order valence-electron chi connectivity index (χ3n) is 1.58. The van der Waals surface area contributed by atoms with Crippen molar-refractivity contribution in [2.75, 3.05) is 0 Å². The highest BCUT2D eigenvalue weighted by Crippen LogP contribution is 2.29. The van der Waals surface area contributed by atoms with Crippen molar-refractivity contribution in [1.29, 1.82) is 0 Å². The van der Waals surface area contributed by atoms with Crippen LogP contribution in [-0.2, 0) is 11.0 Å². The summed E-state index contributed by atoms with van der Waals surface area (Å²) >= 11 is 5.43. The number of halogens is 4. The molecule has 0 aromatic carbocycles. The number of hydrogen-bond donors (Lipinski definition) is 1. The van der Waals surface area contributed by atoms with Crippen molar-refractivity contribution in [2.24, 2.45) is 5.73 Å². The largest absolute Gasteiger partial charge is 0.433 e. The third-order valence-corrected chi connectivity index (χ3v) is 1.77. The van der Waals surface area contributed by atoms with Crippen LogP contribution in [0.3, 0.4) is 0 Å². The van der Waals surface area contributed by atoms with Crippen LogP contribution in [0.4, 0.5) is 13.2 Å². The van der Waals surface area contributed by atoms with E-state index in [0.29, 0.717) is 0 Å². The smallest absolute Gasteiger partial charge is 0.369 e. The molecule has 0 atom stereocenters. The summed E-state index contributed by atoms with van der Waals surface area (Å²) in [4.78, 5) is 13.5. The minimum absolute atomic E-state index is 0.0265. The lowest BCUT2D eigenvalue weighted by atomic mass is 10.2. The molecule has 17 heavy (non-hydrogen) atoms. The highest BCUT2D eigenvalue weighted by Gasteiger charge is 2.33. The van der Waals surface area contributed by atoms with E-state index in [1.165, 1.54) is 6.07 Å². The summed E-state index contributed by atoms with van der Waals surface area (Å²) in [6.07, 6.45) is -4.83. The summed E-state index contributed by atoms with van der Waals surface area (Å²) in [5.41, 5.74) is 3.72. The molecule has 0 bridgehead atoms. The van der Waals surface area contributed by atoms with Gasteiger partial charge in [-0.05, 0) is 12.1 Å². The van der Waals surface area contributed by atoms with Crippen molar-refractivity contribution in [3.8, 4) is 11.8 Å². The highest BCUT2D eigenvalue weighted by molar-refractivity contribution is 6.29. The maximum absolute atomic E-state index is 12.4. The number of carbonyl (C=O) groups is 1. The number of carbonyl (C=O) groups excluding carboxylic acids is 1. The number of nitrogens with zero attached hydrogens (tertiary/aromatic N) is 1. The summed E-state index contributed by atoms with van der Waals surface area (Å²) in [7, 11) is 0. The lowest BCUT2D eigenvalue weighted by Gasteiger charge is -2.05. The molecule has 0 aliphatic rings. The molecule has 0 saturated heterocycles. The van der Waals surface area contributed by atoms with E-state index in [1.54, 1.807) is 0 Å². The number of rotatable bonds is 1. The Morgan fingerprint density at radius 3 is 2.65 bits per heavy atom. The summed E-state index contributed by atoms with van der Waals surface area (Å²) in [5, 5.41) is -0.316. The predicted octanol–water partition coefficient (Wildman–Crippen LogP) is 1.98. The van der Waals surface area contributed by atoms with E-state index in [1.807, 2.05) is 0 Å². The van der Waals surface area contributed by atoms with Gasteiger partial charge in [0.05, 0.1) is 6.42 Å². The lowest BCUT2D eigenvalue weighted by molar-refractivity contribution is -0.141. The monoisotopic (exact) mass is 262 g/mol. The molecule has 0 radical (unpaired) electrons. The van der Waals surface area contributed by atoms with Crippen LogP contribution in [0.5, 0.6) is 0 Å². The molecule has 0 spiro atoms. The average molecular weight is 263 g/mol. The van der Waals surface area contributed by atoms with Crippen LogP contribution < -0.4 is 5.73 Å². The second-order valence-electron chi connectivity index (χ2n) is 3.01. The Bertz CT molecular complexity index is 502. The molecule has 1 heterocycles. The predicted molar refractivity (Wildman–Crippen MR) is 54.9 cm³/mol. The molecule has 7 heteroatoms. The first kappa shape index (κ1) is 13.3. The number of alkyl halides is 3. The fourth-order valence-corrected chi connectivity index (χ4v) is 1.16. The molecule has 1 amide bonds. The van der Waals surface area contributed by atoms with Gasteiger partial charge in [0.25, 0.3) is 0 Å². The summed E-state index contributed by atoms with van der Waals surface area (Å²) < 4.78 is 37.1. The van der Waals surface area contributed by atoms with Crippen LogP contribution in [-0.4, -0.2) is 10.9 Å². The number of pyridine rings is 1. The van der Waals surface area contributed by atoms with Gasteiger partial charge in [0, 0.05) is 5.56 Å². The molecule has 0 aliphatic carbocycles. The first-order chi connectivity index (χ1) is 7.79. The van der Waals surface area contributed by atoms with Crippen molar-refractivity contribution in [3.63, 3.8) is 0 Å². The summed E-state index contributed by atoms with van der Waals surface area (Å²) in [6, 6.07) is 1.92. The fourth-order valence-electron chi connectivity index (χ4n) is 0.948. The number of aromatic nitrogens is 1. The fraction of sp³-hybridized carbons (Fsp3) is 0.200. The summed E-state index contributed by atoms with van der Waals surface area (Å²) in [5.74, 6) is 4.02. The number of hydrogen-bond acceptors (Lipinski definition) is 2. The minimum Gasteiger partial charge on any atom is -0.369 e. The lowest BCUT2D eigenvalue weighted by Crippen LogP contribution is -2.09. The molecule has 1 aromatic heterocycles. The average Bonchev–Trinajstić information content (AvgIpc) is 2.14. The second kappa shape index (κ2) is 5.06. The van der Waals surface area contributed by atoms with Crippen molar-refractivity contribution >= 4 is 17.5 Å². The van der Waals surface area contributed by atoms with Gasteiger partial charge >= 0.3 is 6.18 Å². The topological polar surface area (TPSA) is 56.0 Å². The van der Waals surface area contributed by atoms with Gasteiger partial charge in [0.2, 0.25) is 5.91 Å². The molecular formula is C10H6ClF3N2O. The van der Waals surface area contributed by atoms with E-state index in [4.69, 9.17) is 17.3 Å². The molecule has 0 unspecified atom stereocenters. The van der Waals surface area contributed by atoms with Gasteiger partial charge in [0.15, 0.2) is 0 Å². The van der Waals surface area contributed by atoms with E-state index in [-0.39, 0.29) is 17.1 Å². The van der Waals surface area contributed by atoms with Crippen molar-refractivity contribution in [2.45, 2.75) is 12.6 Å². The Balaban J connectivity index is 3.05. The van der Waals surface area contributed by atoms with E-state index in [0.717, 1.165) is 6.07 Å². The van der Waals surface area contributed by atoms with Gasteiger partial charge in [-0.3, -0.25) is 4.79 Å². The third kappa shape index (κ3) is 4.33. The van der Waals surface area contributed by atoms with E-state index in [9.17, 15) is 18.0 Å². The second-order valence-corrected chi connectivity index (χ2v) is 3.39. The Morgan fingerprint density at radius 2 is 2.12 bits per heavy atom. The maximum atomic E-state index is 12.4. The first-order valence-electron chi connectivity index (χ1n) is 4.31. The van der Waals surface area contributed by atoms with Crippen molar-refractivity contribution < 1.29 is 18.0 Å². The summed E-state index contributed by atoms with van der Waals surface area (Å²) in [6.45, 7) is 0. The standard InChI is InChI=1S/C10H6ClF3N2O/c11-8-5-6(2-1-3-9(15)17)4-7(16-8)10(12,13)14/h4-5H,3H2,(H2,15,17). The molecule has 1 aromatic rings. The van der Waals surface area contributed by atoms with Crippen LogP contribution in [0.15, 0.2) is 12.1 Å². The van der Waals surface area contributed by atoms with Crippen molar-refractivity contribution in [1.82, 2.24) is 4.98 Å². The van der Waals surface area contributed by atoms with Crippen LogP contribution in [0.2, 0.25) is 5.15 Å². The van der Waals surface area contributed by atoms with Crippen LogP contribution >= 0.6 is 11.6 Å². The van der Waals surface area contributed by atoms with Crippen LogP contribution in [0.1, 0.15) is 17.7 Å². The van der Waals surface area contributed by atoms with Gasteiger partial charge < -0.3 is 5.73 Å². The highest BCUT2D eigenvalue weighted by atomic mass is 35.5. The van der Waals surface area contributed by atoms with Gasteiger partial charge in [-0.25, -0.2) is 4.98 Å². The number of nitrogens with two attached hydrogens (primary N) is 1. The maximum Gasteiger partial charge on any atom is 0.433 e. The molecule has 0 aliphatic heterocycles. The zero-order chi connectivity index (χ0) is 13.1. The normalized spacial score (nSPS) is 10.6. The van der Waals surface area contributed by atoms with E-state index < -0.39 is 17.8 Å². The van der Waals surface area contributed by atoms with E-state index >= 15 is 0 Å². The van der Waals surface area contributed by atoms with Crippen LogP contribution in [0, 0.1) is 11.8 Å². The van der Waals surface area contributed by atoms with E-state index in [2.05, 4.69) is 16.8 Å². The van der Waals surface area contributed by atoms with Gasteiger partial charge in [-0.15, -0.1) is 0 Å².